The summed E-state index contributed by atoms with van der Waals surface area (Å²) in [4.78, 5) is 9.58. The summed E-state index contributed by atoms with van der Waals surface area (Å²) in [7, 11) is 0. The second-order valence-electron chi connectivity index (χ2n) is 5.72. The Balaban J connectivity index is 2.93. The summed E-state index contributed by atoms with van der Waals surface area (Å²) in [5.41, 5.74) is -1.88. The van der Waals surface area contributed by atoms with Gasteiger partial charge in [0.15, 0.2) is 0 Å². The Morgan fingerprint density at radius 3 is 2.30 bits per heavy atom. The SMILES string of the molecule is CC(C)(C)CCNc1ccc([N+](=O)[O-])c(C(F)(F)F)c1. The number of anilines is 1. The highest BCUT2D eigenvalue weighted by Gasteiger charge is 2.38. The van der Waals surface area contributed by atoms with Crippen molar-refractivity contribution in [2.45, 2.75) is 33.4 Å². The van der Waals surface area contributed by atoms with Crippen molar-refractivity contribution in [3.63, 3.8) is 0 Å². The Bertz CT molecular complexity index is 493. The van der Waals surface area contributed by atoms with Crippen LogP contribution in [-0.4, -0.2) is 11.5 Å². The highest BCUT2D eigenvalue weighted by Crippen LogP contribution is 2.37. The minimum absolute atomic E-state index is 0.0562. The largest absolute Gasteiger partial charge is 0.423 e. The number of benzene rings is 1. The highest BCUT2D eigenvalue weighted by atomic mass is 19.4. The minimum Gasteiger partial charge on any atom is -0.385 e. The van der Waals surface area contributed by atoms with Gasteiger partial charge in [-0.3, -0.25) is 10.1 Å². The van der Waals surface area contributed by atoms with Crippen LogP contribution in [0, 0.1) is 15.5 Å². The Kier molecular flexibility index (Phi) is 4.62. The molecule has 1 N–H and O–H groups in total. The molecular weight excluding hydrogens is 273 g/mol. The van der Waals surface area contributed by atoms with Crippen molar-refractivity contribution in [1.29, 1.82) is 0 Å². The van der Waals surface area contributed by atoms with Gasteiger partial charge in [0.25, 0.3) is 5.69 Å². The predicted molar refractivity (Wildman–Crippen MR) is 70.7 cm³/mol. The molecule has 112 valence electrons. The van der Waals surface area contributed by atoms with Crippen LogP contribution in [0.4, 0.5) is 24.5 Å². The molecule has 0 aliphatic rings. The van der Waals surface area contributed by atoms with Crippen molar-refractivity contribution in [3.05, 3.63) is 33.9 Å². The van der Waals surface area contributed by atoms with Crippen LogP contribution in [-0.2, 0) is 6.18 Å². The molecule has 0 heterocycles. The third-order valence-electron chi connectivity index (χ3n) is 2.70. The van der Waals surface area contributed by atoms with Crippen molar-refractivity contribution in [3.8, 4) is 0 Å². The summed E-state index contributed by atoms with van der Waals surface area (Å²) >= 11 is 0. The van der Waals surface area contributed by atoms with Crippen LogP contribution in [0.1, 0.15) is 32.8 Å². The molecule has 1 aromatic carbocycles. The topological polar surface area (TPSA) is 55.2 Å². The molecular formula is C13H17F3N2O2. The van der Waals surface area contributed by atoms with E-state index in [0.717, 1.165) is 18.6 Å². The van der Waals surface area contributed by atoms with Gasteiger partial charge in [-0.25, -0.2) is 0 Å². The van der Waals surface area contributed by atoms with E-state index in [1.165, 1.54) is 6.07 Å². The van der Waals surface area contributed by atoms with Crippen molar-refractivity contribution in [2.24, 2.45) is 5.41 Å². The van der Waals surface area contributed by atoms with Gasteiger partial charge in [-0.2, -0.15) is 13.2 Å². The summed E-state index contributed by atoms with van der Waals surface area (Å²) in [5, 5.41) is 13.5. The van der Waals surface area contributed by atoms with Gasteiger partial charge in [0.1, 0.15) is 5.56 Å². The fourth-order valence-electron chi connectivity index (χ4n) is 1.61. The van der Waals surface area contributed by atoms with Gasteiger partial charge in [-0.05, 0) is 24.0 Å². The van der Waals surface area contributed by atoms with Gasteiger partial charge in [0.05, 0.1) is 4.92 Å². The molecule has 0 radical (unpaired) electrons. The molecule has 0 amide bonds. The molecule has 0 saturated heterocycles. The van der Waals surface area contributed by atoms with E-state index in [-0.39, 0.29) is 11.1 Å². The summed E-state index contributed by atoms with van der Waals surface area (Å²) in [6.07, 6.45) is -3.98. The van der Waals surface area contributed by atoms with Gasteiger partial charge in [0, 0.05) is 18.3 Å². The zero-order chi connectivity index (χ0) is 15.6. The van der Waals surface area contributed by atoms with Crippen molar-refractivity contribution >= 4 is 11.4 Å². The maximum absolute atomic E-state index is 12.8. The Labute approximate surface area is 115 Å². The quantitative estimate of drug-likeness (QED) is 0.658. The fourth-order valence-corrected chi connectivity index (χ4v) is 1.61. The monoisotopic (exact) mass is 290 g/mol. The minimum atomic E-state index is -4.75. The van der Waals surface area contributed by atoms with E-state index in [0.29, 0.717) is 6.54 Å². The molecule has 7 heteroatoms. The van der Waals surface area contributed by atoms with E-state index in [1.807, 2.05) is 20.8 Å². The van der Waals surface area contributed by atoms with Gasteiger partial charge in [-0.15, -0.1) is 0 Å². The fraction of sp³-hybridized carbons (Fsp3) is 0.538. The maximum atomic E-state index is 12.8. The van der Waals surface area contributed by atoms with E-state index >= 15 is 0 Å². The third kappa shape index (κ3) is 4.71. The summed E-state index contributed by atoms with van der Waals surface area (Å²) < 4.78 is 38.3. The third-order valence-corrected chi connectivity index (χ3v) is 2.70. The molecule has 0 fully saturated rings. The second-order valence-corrected chi connectivity index (χ2v) is 5.72. The Morgan fingerprint density at radius 2 is 1.85 bits per heavy atom. The van der Waals surface area contributed by atoms with Gasteiger partial charge in [-0.1, -0.05) is 20.8 Å². The predicted octanol–water partition coefficient (Wildman–Crippen LogP) is 4.46. The van der Waals surface area contributed by atoms with E-state index in [4.69, 9.17) is 0 Å². The summed E-state index contributed by atoms with van der Waals surface area (Å²) in [6.45, 7) is 6.56. The molecule has 0 aromatic heterocycles. The standard InChI is InChI=1S/C13H17F3N2O2/c1-12(2,3)6-7-17-9-4-5-11(18(19)20)10(8-9)13(14,15)16/h4-5,8,17H,6-7H2,1-3H3. The first-order valence-corrected chi connectivity index (χ1v) is 6.10. The van der Waals surface area contributed by atoms with Gasteiger partial charge < -0.3 is 5.32 Å². The van der Waals surface area contributed by atoms with E-state index in [1.54, 1.807) is 0 Å². The summed E-state index contributed by atoms with van der Waals surface area (Å²) in [5.74, 6) is 0. The van der Waals surface area contributed by atoms with Crippen LogP contribution in [0.25, 0.3) is 0 Å². The van der Waals surface area contributed by atoms with E-state index in [2.05, 4.69) is 5.32 Å². The van der Waals surface area contributed by atoms with Crippen LogP contribution >= 0.6 is 0 Å². The Hall–Kier alpha value is -1.79. The first-order valence-electron chi connectivity index (χ1n) is 6.10. The first kappa shape index (κ1) is 16.3. The molecule has 1 aromatic rings. The number of alkyl halides is 3. The highest BCUT2D eigenvalue weighted by molar-refractivity contribution is 5.55. The molecule has 0 saturated carbocycles. The van der Waals surface area contributed by atoms with Crippen molar-refractivity contribution in [2.75, 3.05) is 11.9 Å². The lowest BCUT2D eigenvalue weighted by molar-refractivity contribution is -0.388. The number of nitro groups is 1. The normalized spacial score (nSPS) is 12.3. The molecule has 0 spiro atoms. The molecule has 4 nitrogen and oxygen atoms in total. The summed E-state index contributed by atoms with van der Waals surface area (Å²) in [6, 6.07) is 2.94. The van der Waals surface area contributed by atoms with Crippen LogP contribution in [0.2, 0.25) is 0 Å². The molecule has 0 unspecified atom stereocenters. The number of halogens is 3. The van der Waals surface area contributed by atoms with Gasteiger partial charge >= 0.3 is 6.18 Å². The number of nitro benzene ring substituents is 1. The molecule has 20 heavy (non-hydrogen) atoms. The molecule has 0 bridgehead atoms. The van der Waals surface area contributed by atoms with Crippen LogP contribution < -0.4 is 5.32 Å². The lowest BCUT2D eigenvalue weighted by Gasteiger charge is -2.19. The second kappa shape index (κ2) is 5.68. The smallest absolute Gasteiger partial charge is 0.385 e. The number of nitrogens with zero attached hydrogens (tertiary/aromatic N) is 1. The van der Waals surface area contributed by atoms with Gasteiger partial charge in [0.2, 0.25) is 0 Å². The van der Waals surface area contributed by atoms with Crippen LogP contribution in [0.5, 0.6) is 0 Å². The number of rotatable bonds is 4. The lowest BCUT2D eigenvalue weighted by atomic mass is 9.92. The molecule has 0 aliphatic heterocycles. The van der Waals surface area contributed by atoms with E-state index < -0.39 is 22.4 Å². The molecule has 1 rings (SSSR count). The van der Waals surface area contributed by atoms with E-state index in [9.17, 15) is 23.3 Å². The molecule has 0 atom stereocenters. The van der Waals surface area contributed by atoms with Crippen molar-refractivity contribution in [1.82, 2.24) is 0 Å². The number of hydrogen-bond acceptors (Lipinski definition) is 3. The number of hydrogen-bond donors (Lipinski definition) is 1. The average molecular weight is 290 g/mol. The zero-order valence-electron chi connectivity index (χ0n) is 11.5. The molecule has 0 aliphatic carbocycles. The lowest BCUT2D eigenvalue weighted by Crippen LogP contribution is -2.14. The van der Waals surface area contributed by atoms with Crippen LogP contribution in [0.15, 0.2) is 18.2 Å². The average Bonchev–Trinajstić information content (AvgIpc) is 2.25. The zero-order valence-corrected chi connectivity index (χ0v) is 11.5. The first-order chi connectivity index (χ1) is 9.00. The maximum Gasteiger partial charge on any atom is 0.423 e. The van der Waals surface area contributed by atoms with Crippen LogP contribution in [0.3, 0.4) is 0 Å². The Morgan fingerprint density at radius 1 is 1.25 bits per heavy atom. The number of nitrogens with one attached hydrogen (secondary N) is 1. The van der Waals surface area contributed by atoms with Crippen molar-refractivity contribution < 1.29 is 18.1 Å².